The van der Waals surface area contributed by atoms with Crippen LogP contribution in [0.5, 0.6) is 0 Å². The molecule has 0 saturated carbocycles. The first-order chi connectivity index (χ1) is 29.7. The van der Waals surface area contributed by atoms with Crippen molar-refractivity contribution < 1.29 is 16.5 Å². The maximum Gasteiger partial charge on any atom is 0.0634 e. The van der Waals surface area contributed by atoms with Crippen LogP contribution in [0, 0.1) is 0 Å². The second-order valence-electron chi connectivity index (χ2n) is 18.1. The van der Waals surface area contributed by atoms with Crippen molar-refractivity contribution >= 4 is 35.5 Å². The van der Waals surface area contributed by atoms with Gasteiger partial charge in [0.2, 0.25) is 0 Å². The zero-order valence-electron chi connectivity index (χ0n) is 40.4. The maximum atomic E-state index is 5.00. The molecule has 0 aliphatic heterocycles. The van der Waals surface area contributed by atoms with Crippen LogP contribution in [-0.4, -0.2) is 11.9 Å². The molecule has 0 heterocycles. The molecule has 0 aliphatic rings. The first kappa shape index (κ1) is 56.8. The molecule has 0 spiro atoms. The number of allylic oxidation sites excluding steroid dienone is 2. The summed E-state index contributed by atoms with van der Waals surface area (Å²) in [6.45, 7) is 6.84. The van der Waals surface area contributed by atoms with Crippen molar-refractivity contribution in [2.24, 2.45) is 9.98 Å². The zero-order chi connectivity index (χ0) is 42.7. The third-order valence-corrected chi connectivity index (χ3v) is 12.3. The first-order valence-corrected chi connectivity index (χ1v) is 26.4. The number of hydrogen-bond donors (Lipinski definition) is 0. The van der Waals surface area contributed by atoms with Gasteiger partial charge in [-0.05, 0) is 73.9 Å². The number of unbranched alkanes of at least 4 members (excludes halogenated alkanes) is 33. The van der Waals surface area contributed by atoms with E-state index in [4.69, 9.17) is 9.98 Å². The zero-order valence-corrected chi connectivity index (χ0v) is 41.4. The summed E-state index contributed by atoms with van der Waals surface area (Å²) in [6, 6.07) is 17.3. The maximum absolute atomic E-state index is 5.00. The molecular weight excluding hydrogens is 783 g/mol. The van der Waals surface area contributed by atoms with Crippen molar-refractivity contribution in [1.82, 2.24) is 0 Å². The Kier molecular flexibility index (Phi) is 41.3. The molecule has 348 valence electrons. The number of hydrogen-bond acceptors (Lipinski definition) is 2. The van der Waals surface area contributed by atoms with E-state index in [2.05, 4.69) is 93.6 Å². The van der Waals surface area contributed by atoms with Gasteiger partial charge in [0.1, 0.15) is 0 Å². The largest absolute Gasteiger partial charge is 0.255 e. The van der Waals surface area contributed by atoms with E-state index in [0.717, 1.165) is 36.3 Å². The molecule has 0 radical (unpaired) electrons. The van der Waals surface area contributed by atoms with Crippen LogP contribution in [0.1, 0.15) is 269 Å². The standard InChI is InChI=1S/C58H96N2.Ni/c1-4-7-10-12-14-16-18-20-22-24-26-28-30-32-34-36-38-40-42-54-45-49-56(50-46-54)59-53-58(44-9-6-3)60-57-51-47-55(48-52-57)43-41-39-37-35-33-31-29-27-25-23-21-19-17-15-13-11-8-5-2;/h40-43,45-53H,4-39,44H2,1-3H3;. The summed E-state index contributed by atoms with van der Waals surface area (Å²) in [7, 11) is 0. The summed E-state index contributed by atoms with van der Waals surface area (Å²) in [5, 5.41) is 0. The van der Waals surface area contributed by atoms with Gasteiger partial charge in [-0.2, -0.15) is 0 Å². The van der Waals surface area contributed by atoms with E-state index in [0.29, 0.717) is 0 Å². The van der Waals surface area contributed by atoms with Crippen molar-refractivity contribution in [3.05, 3.63) is 71.8 Å². The molecule has 0 saturated heterocycles. The first-order valence-electron chi connectivity index (χ1n) is 26.4. The Bertz CT molecular complexity index is 1320. The average molecular weight is 880 g/mol. The van der Waals surface area contributed by atoms with Crippen LogP contribution in [0.3, 0.4) is 0 Å². The molecule has 2 aromatic carbocycles. The Morgan fingerprint density at radius 3 is 0.984 bits per heavy atom. The predicted octanol–water partition coefficient (Wildman–Crippen LogP) is 20.7. The molecule has 0 amide bonds. The second kappa shape index (κ2) is 44.4. The van der Waals surface area contributed by atoms with E-state index < -0.39 is 0 Å². The summed E-state index contributed by atoms with van der Waals surface area (Å²) < 4.78 is 0. The Balaban J connectivity index is 0.0000186. The van der Waals surface area contributed by atoms with E-state index in [1.54, 1.807) is 0 Å². The molecule has 0 bridgehead atoms. The van der Waals surface area contributed by atoms with Crippen molar-refractivity contribution in [1.29, 1.82) is 0 Å². The van der Waals surface area contributed by atoms with Gasteiger partial charge in [0.15, 0.2) is 0 Å². The summed E-state index contributed by atoms with van der Waals surface area (Å²) in [4.78, 5) is 9.82. The smallest absolute Gasteiger partial charge is 0.0634 e. The van der Waals surface area contributed by atoms with Crippen LogP contribution in [0.15, 0.2) is 70.7 Å². The van der Waals surface area contributed by atoms with Crippen LogP contribution in [0.2, 0.25) is 0 Å². The Hall–Kier alpha value is -2.25. The van der Waals surface area contributed by atoms with E-state index in [1.165, 1.54) is 229 Å². The minimum atomic E-state index is 0. The Labute approximate surface area is 390 Å². The van der Waals surface area contributed by atoms with Gasteiger partial charge in [0.25, 0.3) is 0 Å². The SMILES string of the molecule is CCCCCCCCCCCCCCCCCCC=Cc1ccc(N=CC(CCCC)=Nc2ccc(C=CCCCCCCCCCCCCCCCCCC)cc2)cc1.[Ni]. The summed E-state index contributed by atoms with van der Waals surface area (Å²) in [5.41, 5.74) is 5.55. The van der Waals surface area contributed by atoms with Crippen LogP contribution >= 0.6 is 0 Å². The fourth-order valence-corrected chi connectivity index (χ4v) is 8.21. The minimum Gasteiger partial charge on any atom is -0.255 e. The van der Waals surface area contributed by atoms with Gasteiger partial charge in [0, 0.05) is 22.7 Å². The molecule has 61 heavy (non-hydrogen) atoms. The molecule has 3 heteroatoms. The van der Waals surface area contributed by atoms with E-state index in [9.17, 15) is 0 Å². The predicted molar refractivity (Wildman–Crippen MR) is 274 cm³/mol. The van der Waals surface area contributed by atoms with Gasteiger partial charge in [0.05, 0.1) is 17.1 Å². The fourth-order valence-electron chi connectivity index (χ4n) is 8.21. The topological polar surface area (TPSA) is 24.7 Å². The summed E-state index contributed by atoms with van der Waals surface area (Å²) >= 11 is 0. The molecule has 2 rings (SSSR count). The van der Waals surface area contributed by atoms with E-state index >= 15 is 0 Å². The molecular formula is C58H96N2Ni. The number of nitrogens with zero attached hydrogens (tertiary/aromatic N) is 2. The number of rotatable bonds is 42. The fraction of sp³-hybridized carbons (Fsp3) is 0.690. The molecule has 0 aromatic heterocycles. The van der Waals surface area contributed by atoms with Gasteiger partial charge in [-0.1, -0.05) is 268 Å². The van der Waals surface area contributed by atoms with Gasteiger partial charge < -0.3 is 0 Å². The van der Waals surface area contributed by atoms with Crippen molar-refractivity contribution in [2.45, 2.75) is 258 Å². The molecule has 2 aromatic rings. The van der Waals surface area contributed by atoms with Crippen LogP contribution in [-0.2, 0) is 16.5 Å². The summed E-state index contributed by atoms with van der Waals surface area (Å²) in [6.07, 6.45) is 62.3. The number of aliphatic imine (C=N–C) groups is 2. The number of benzene rings is 2. The molecule has 0 atom stereocenters. The van der Waals surface area contributed by atoms with Gasteiger partial charge in [-0.25, -0.2) is 0 Å². The van der Waals surface area contributed by atoms with Crippen molar-refractivity contribution in [3.8, 4) is 0 Å². The van der Waals surface area contributed by atoms with Crippen molar-refractivity contribution in [3.63, 3.8) is 0 Å². The van der Waals surface area contributed by atoms with Crippen LogP contribution in [0.25, 0.3) is 12.2 Å². The second-order valence-corrected chi connectivity index (χ2v) is 18.1. The normalized spacial score (nSPS) is 12.1. The van der Waals surface area contributed by atoms with Gasteiger partial charge in [-0.3, -0.25) is 9.98 Å². The van der Waals surface area contributed by atoms with Gasteiger partial charge >= 0.3 is 0 Å². The minimum absolute atomic E-state index is 0. The molecule has 0 unspecified atom stereocenters. The monoisotopic (exact) mass is 879 g/mol. The average Bonchev–Trinajstić information content (AvgIpc) is 3.27. The molecule has 0 fully saturated rings. The van der Waals surface area contributed by atoms with Gasteiger partial charge in [-0.15, -0.1) is 0 Å². The molecule has 0 N–H and O–H groups in total. The third-order valence-electron chi connectivity index (χ3n) is 12.3. The van der Waals surface area contributed by atoms with Crippen LogP contribution in [0.4, 0.5) is 11.4 Å². The van der Waals surface area contributed by atoms with E-state index in [1.807, 2.05) is 6.21 Å². The van der Waals surface area contributed by atoms with E-state index in [-0.39, 0.29) is 16.5 Å². The molecule has 0 aliphatic carbocycles. The molecule has 2 nitrogen and oxygen atoms in total. The third kappa shape index (κ3) is 35.9. The van der Waals surface area contributed by atoms with Crippen molar-refractivity contribution in [2.75, 3.05) is 0 Å². The summed E-state index contributed by atoms with van der Waals surface area (Å²) in [5.74, 6) is 0. The quantitative estimate of drug-likeness (QED) is 0.0361. The van der Waals surface area contributed by atoms with Crippen LogP contribution < -0.4 is 0 Å². The Morgan fingerprint density at radius 1 is 0.361 bits per heavy atom. The Morgan fingerprint density at radius 2 is 0.656 bits per heavy atom.